The van der Waals surface area contributed by atoms with E-state index in [1.54, 1.807) is 24.3 Å². The summed E-state index contributed by atoms with van der Waals surface area (Å²) in [6, 6.07) is 6.80. The molecule has 0 spiro atoms. The highest BCUT2D eigenvalue weighted by molar-refractivity contribution is 5.86. The molecular weight excluding hydrogens is 234 g/mol. The van der Waals surface area contributed by atoms with Crippen LogP contribution in [0.5, 0.6) is 5.75 Å². The summed E-state index contributed by atoms with van der Waals surface area (Å²) in [7, 11) is 0. The Kier molecular flexibility index (Phi) is 3.66. The molecular formula is C12H15N3O3. The maximum absolute atomic E-state index is 11.8. The molecule has 1 saturated heterocycles. The Morgan fingerprint density at radius 2 is 2.11 bits per heavy atom. The molecule has 6 nitrogen and oxygen atoms in total. The number of nitrogens with one attached hydrogen (secondary N) is 1. The van der Waals surface area contributed by atoms with Gasteiger partial charge in [0.2, 0.25) is 5.91 Å². The molecule has 1 aliphatic rings. The van der Waals surface area contributed by atoms with Gasteiger partial charge in [0, 0.05) is 18.8 Å². The van der Waals surface area contributed by atoms with Gasteiger partial charge < -0.3 is 20.7 Å². The summed E-state index contributed by atoms with van der Waals surface area (Å²) < 4.78 is 5.33. The van der Waals surface area contributed by atoms with E-state index in [0.29, 0.717) is 24.5 Å². The predicted molar refractivity (Wildman–Crippen MR) is 65.9 cm³/mol. The summed E-state index contributed by atoms with van der Waals surface area (Å²) in [6.45, 7) is 1.04. The highest BCUT2D eigenvalue weighted by Crippen LogP contribution is 2.13. The second kappa shape index (κ2) is 5.39. The predicted octanol–water partition coefficient (Wildman–Crippen LogP) is -0.394. The van der Waals surface area contributed by atoms with Crippen molar-refractivity contribution in [1.82, 2.24) is 10.2 Å². The van der Waals surface area contributed by atoms with Gasteiger partial charge in [-0.25, -0.2) is 0 Å². The van der Waals surface area contributed by atoms with Crippen molar-refractivity contribution in [3.63, 3.8) is 0 Å². The minimum absolute atomic E-state index is 0.0722. The first-order chi connectivity index (χ1) is 8.65. The third-order valence-electron chi connectivity index (χ3n) is 2.63. The van der Waals surface area contributed by atoms with Gasteiger partial charge in [0.1, 0.15) is 5.75 Å². The van der Waals surface area contributed by atoms with E-state index >= 15 is 0 Å². The van der Waals surface area contributed by atoms with Gasteiger partial charge in [0.25, 0.3) is 5.91 Å². The quantitative estimate of drug-likeness (QED) is 0.714. The molecule has 2 rings (SSSR count). The van der Waals surface area contributed by atoms with E-state index in [9.17, 15) is 9.59 Å². The average Bonchev–Trinajstić information content (AvgIpc) is 2.38. The number of amides is 2. The van der Waals surface area contributed by atoms with Crippen LogP contribution >= 0.6 is 0 Å². The molecule has 6 heteroatoms. The molecule has 1 fully saturated rings. The molecule has 0 radical (unpaired) electrons. The van der Waals surface area contributed by atoms with Crippen LogP contribution in [0.1, 0.15) is 0 Å². The first-order valence-electron chi connectivity index (χ1n) is 5.68. The molecule has 0 bridgehead atoms. The van der Waals surface area contributed by atoms with E-state index in [2.05, 4.69) is 5.32 Å². The minimum atomic E-state index is -0.193. The van der Waals surface area contributed by atoms with Crippen LogP contribution in [0.15, 0.2) is 24.3 Å². The van der Waals surface area contributed by atoms with E-state index < -0.39 is 0 Å². The number of piperazine rings is 1. The summed E-state index contributed by atoms with van der Waals surface area (Å²) in [5, 5.41) is 2.66. The Hall–Kier alpha value is -2.24. The summed E-state index contributed by atoms with van der Waals surface area (Å²) in [6.07, 6.45) is 0. The summed E-state index contributed by atoms with van der Waals surface area (Å²) in [4.78, 5) is 24.4. The molecule has 1 aromatic carbocycles. The zero-order chi connectivity index (χ0) is 13.0. The third kappa shape index (κ3) is 3.13. The number of hydrogen-bond donors (Lipinski definition) is 2. The van der Waals surface area contributed by atoms with Gasteiger partial charge in [-0.05, 0) is 24.3 Å². The molecule has 0 atom stereocenters. The molecule has 18 heavy (non-hydrogen) atoms. The van der Waals surface area contributed by atoms with Crippen molar-refractivity contribution in [2.45, 2.75) is 0 Å². The van der Waals surface area contributed by atoms with Crippen molar-refractivity contribution in [3.05, 3.63) is 24.3 Å². The molecule has 1 aliphatic heterocycles. The first-order valence-corrected chi connectivity index (χ1v) is 5.68. The maximum Gasteiger partial charge on any atom is 0.261 e. The molecule has 0 aliphatic carbocycles. The van der Waals surface area contributed by atoms with Crippen LogP contribution in [0.2, 0.25) is 0 Å². The SMILES string of the molecule is Nc1ccc(OCC(=O)N2CCNC(=O)C2)cc1. The van der Waals surface area contributed by atoms with Crippen molar-refractivity contribution in [1.29, 1.82) is 0 Å². The fourth-order valence-corrected chi connectivity index (χ4v) is 1.65. The molecule has 1 heterocycles. The largest absolute Gasteiger partial charge is 0.484 e. The van der Waals surface area contributed by atoms with Crippen LogP contribution in [0.3, 0.4) is 0 Å². The first kappa shape index (κ1) is 12.2. The lowest BCUT2D eigenvalue weighted by molar-refractivity contribution is -0.139. The number of carbonyl (C=O) groups is 2. The van der Waals surface area contributed by atoms with Crippen molar-refractivity contribution >= 4 is 17.5 Å². The Bertz CT molecular complexity index is 444. The molecule has 96 valence electrons. The van der Waals surface area contributed by atoms with Crippen LogP contribution in [0.4, 0.5) is 5.69 Å². The van der Waals surface area contributed by atoms with E-state index in [-0.39, 0.29) is 25.0 Å². The van der Waals surface area contributed by atoms with Gasteiger partial charge in [-0.15, -0.1) is 0 Å². The average molecular weight is 249 g/mol. The highest BCUT2D eigenvalue weighted by atomic mass is 16.5. The van der Waals surface area contributed by atoms with Crippen molar-refractivity contribution < 1.29 is 14.3 Å². The third-order valence-corrected chi connectivity index (χ3v) is 2.63. The Balaban J connectivity index is 1.84. The second-order valence-electron chi connectivity index (χ2n) is 4.02. The number of nitrogens with zero attached hydrogens (tertiary/aromatic N) is 1. The highest BCUT2D eigenvalue weighted by Gasteiger charge is 2.21. The lowest BCUT2D eigenvalue weighted by Gasteiger charge is -2.26. The maximum atomic E-state index is 11.8. The van der Waals surface area contributed by atoms with Crippen molar-refractivity contribution in [2.24, 2.45) is 0 Å². The molecule has 0 aromatic heterocycles. The number of hydrogen-bond acceptors (Lipinski definition) is 4. The number of carbonyl (C=O) groups excluding carboxylic acids is 2. The zero-order valence-electron chi connectivity index (χ0n) is 9.89. The zero-order valence-corrected chi connectivity index (χ0v) is 9.89. The van der Waals surface area contributed by atoms with E-state index in [1.165, 1.54) is 4.90 Å². The Morgan fingerprint density at radius 1 is 1.39 bits per heavy atom. The number of benzene rings is 1. The fraction of sp³-hybridized carbons (Fsp3) is 0.333. The summed E-state index contributed by atoms with van der Waals surface area (Å²) in [5.41, 5.74) is 6.18. The van der Waals surface area contributed by atoms with Crippen LogP contribution in [0.25, 0.3) is 0 Å². The molecule has 3 N–H and O–H groups in total. The van der Waals surface area contributed by atoms with Gasteiger partial charge in [0.15, 0.2) is 6.61 Å². The van der Waals surface area contributed by atoms with Crippen LogP contribution in [-0.4, -0.2) is 43.0 Å². The van der Waals surface area contributed by atoms with E-state index in [1.807, 2.05) is 0 Å². The summed E-state index contributed by atoms with van der Waals surface area (Å²) >= 11 is 0. The Labute approximate surface area is 105 Å². The lowest BCUT2D eigenvalue weighted by Crippen LogP contribution is -2.51. The van der Waals surface area contributed by atoms with Crippen LogP contribution in [-0.2, 0) is 9.59 Å². The van der Waals surface area contributed by atoms with Gasteiger partial charge in [-0.3, -0.25) is 9.59 Å². The number of nitrogens with two attached hydrogens (primary N) is 1. The number of nitrogen functional groups attached to an aromatic ring is 1. The van der Waals surface area contributed by atoms with Crippen molar-refractivity contribution in [3.8, 4) is 5.75 Å². The normalized spacial score (nSPS) is 15.1. The topological polar surface area (TPSA) is 84.7 Å². The standard InChI is InChI=1S/C12H15N3O3/c13-9-1-3-10(4-2-9)18-8-12(17)15-6-5-14-11(16)7-15/h1-4H,5-8,13H2,(H,14,16). The van der Waals surface area contributed by atoms with Crippen molar-refractivity contribution in [2.75, 3.05) is 32.0 Å². The number of anilines is 1. The van der Waals surface area contributed by atoms with Crippen LogP contribution < -0.4 is 15.8 Å². The van der Waals surface area contributed by atoms with Gasteiger partial charge in [-0.2, -0.15) is 0 Å². The molecule has 1 aromatic rings. The second-order valence-corrected chi connectivity index (χ2v) is 4.02. The number of rotatable bonds is 3. The minimum Gasteiger partial charge on any atom is -0.484 e. The molecule has 0 unspecified atom stereocenters. The van der Waals surface area contributed by atoms with Gasteiger partial charge >= 0.3 is 0 Å². The smallest absolute Gasteiger partial charge is 0.261 e. The molecule has 0 saturated carbocycles. The van der Waals surface area contributed by atoms with Gasteiger partial charge in [-0.1, -0.05) is 0 Å². The fourth-order valence-electron chi connectivity index (χ4n) is 1.65. The van der Waals surface area contributed by atoms with E-state index in [4.69, 9.17) is 10.5 Å². The molecule has 2 amide bonds. The van der Waals surface area contributed by atoms with E-state index in [0.717, 1.165) is 0 Å². The monoisotopic (exact) mass is 249 g/mol. The van der Waals surface area contributed by atoms with Crippen LogP contribution in [0, 0.1) is 0 Å². The number of ether oxygens (including phenoxy) is 1. The Morgan fingerprint density at radius 3 is 2.78 bits per heavy atom. The van der Waals surface area contributed by atoms with Gasteiger partial charge in [0.05, 0.1) is 6.54 Å². The summed E-state index contributed by atoms with van der Waals surface area (Å²) in [5.74, 6) is 0.253. The lowest BCUT2D eigenvalue weighted by atomic mass is 10.3.